The molecule has 0 fully saturated rings. The lowest BCUT2D eigenvalue weighted by Gasteiger charge is -2.12. The second kappa shape index (κ2) is 3.89. The minimum Gasteiger partial charge on any atom is -0.398 e. The predicted octanol–water partition coefficient (Wildman–Crippen LogP) is 0.990. The molecule has 0 radical (unpaired) electrons. The van der Waals surface area contributed by atoms with Crippen LogP contribution in [0.15, 0.2) is 22.7 Å². The van der Waals surface area contributed by atoms with Gasteiger partial charge in [0.2, 0.25) is 0 Å². The summed E-state index contributed by atoms with van der Waals surface area (Å²) in [5.41, 5.74) is 18.5. The van der Waals surface area contributed by atoms with E-state index in [1.807, 2.05) is 18.2 Å². The molecule has 0 amide bonds. The van der Waals surface area contributed by atoms with Crippen molar-refractivity contribution in [2.24, 2.45) is 11.5 Å². The fraction of sp³-hybridized carbons (Fsp3) is 0.250. The molecule has 0 heterocycles. The zero-order valence-electron chi connectivity index (χ0n) is 6.63. The highest BCUT2D eigenvalue weighted by atomic mass is 79.9. The fourth-order valence-electron chi connectivity index (χ4n) is 0.994. The molecule has 1 atom stereocenters. The number of benzene rings is 1. The maximum atomic E-state index is 5.74. The lowest BCUT2D eigenvalue weighted by Crippen LogP contribution is -2.21. The van der Waals surface area contributed by atoms with Gasteiger partial charge in [0.1, 0.15) is 0 Å². The third-order valence-electron chi connectivity index (χ3n) is 1.70. The third kappa shape index (κ3) is 1.97. The van der Waals surface area contributed by atoms with Crippen LogP contribution in [0, 0.1) is 0 Å². The summed E-state index contributed by atoms with van der Waals surface area (Å²) in [4.78, 5) is 0. The van der Waals surface area contributed by atoms with E-state index < -0.39 is 0 Å². The quantitative estimate of drug-likeness (QED) is 0.663. The molecular formula is C8H12BrN3. The molecule has 0 aromatic heterocycles. The zero-order valence-corrected chi connectivity index (χ0v) is 8.21. The Kier molecular flexibility index (Phi) is 3.08. The van der Waals surface area contributed by atoms with Gasteiger partial charge in [-0.15, -0.1) is 0 Å². The van der Waals surface area contributed by atoms with Gasteiger partial charge in [-0.1, -0.05) is 15.9 Å². The first-order valence-electron chi connectivity index (χ1n) is 3.65. The van der Waals surface area contributed by atoms with E-state index in [0.717, 1.165) is 10.0 Å². The van der Waals surface area contributed by atoms with E-state index in [0.29, 0.717) is 12.2 Å². The van der Waals surface area contributed by atoms with E-state index in [2.05, 4.69) is 15.9 Å². The fourth-order valence-corrected chi connectivity index (χ4v) is 1.37. The minimum atomic E-state index is -0.178. The van der Waals surface area contributed by atoms with E-state index in [1.165, 1.54) is 0 Å². The normalized spacial score (nSPS) is 12.9. The number of halogens is 1. The first-order valence-corrected chi connectivity index (χ1v) is 4.45. The molecule has 0 spiro atoms. The molecule has 0 aliphatic rings. The first kappa shape index (κ1) is 9.51. The highest BCUT2D eigenvalue weighted by Gasteiger charge is 2.07. The number of rotatable bonds is 2. The summed E-state index contributed by atoms with van der Waals surface area (Å²) < 4.78 is 0.968. The van der Waals surface area contributed by atoms with Gasteiger partial charge in [0, 0.05) is 22.7 Å². The lowest BCUT2D eigenvalue weighted by molar-refractivity contribution is 0.739. The molecule has 66 valence electrons. The molecule has 6 N–H and O–H groups in total. The Morgan fingerprint density at radius 1 is 1.42 bits per heavy atom. The molecule has 0 aliphatic heterocycles. The van der Waals surface area contributed by atoms with Crippen molar-refractivity contribution in [1.29, 1.82) is 0 Å². The van der Waals surface area contributed by atoms with Crippen molar-refractivity contribution in [2.45, 2.75) is 6.04 Å². The minimum absolute atomic E-state index is 0.178. The van der Waals surface area contributed by atoms with Crippen LogP contribution in [0.4, 0.5) is 5.69 Å². The van der Waals surface area contributed by atoms with Gasteiger partial charge in [-0.2, -0.15) is 0 Å². The van der Waals surface area contributed by atoms with Gasteiger partial charge in [0.15, 0.2) is 0 Å². The SMILES string of the molecule is NC[C@H](N)c1cc(Br)ccc1N. The molecule has 0 aliphatic carbocycles. The second-order valence-corrected chi connectivity index (χ2v) is 3.53. The monoisotopic (exact) mass is 229 g/mol. The molecule has 0 bridgehead atoms. The summed E-state index contributed by atoms with van der Waals surface area (Å²) in [7, 11) is 0. The number of hydrogen-bond acceptors (Lipinski definition) is 3. The van der Waals surface area contributed by atoms with Crippen LogP contribution in [0.2, 0.25) is 0 Å². The molecule has 4 heteroatoms. The summed E-state index contributed by atoms with van der Waals surface area (Å²) in [6, 6.07) is 5.41. The number of nitrogen functional groups attached to an aromatic ring is 1. The molecule has 1 aromatic rings. The van der Waals surface area contributed by atoms with Gasteiger partial charge >= 0.3 is 0 Å². The predicted molar refractivity (Wildman–Crippen MR) is 54.5 cm³/mol. The van der Waals surface area contributed by atoms with E-state index in [4.69, 9.17) is 17.2 Å². The van der Waals surface area contributed by atoms with Gasteiger partial charge in [-0.25, -0.2) is 0 Å². The standard InChI is InChI=1S/C8H12BrN3/c9-5-1-2-7(11)6(3-5)8(12)4-10/h1-3,8H,4,10-12H2/t8-/m0/s1. The molecule has 12 heavy (non-hydrogen) atoms. The van der Waals surface area contributed by atoms with E-state index in [9.17, 15) is 0 Å². The Labute approximate surface area is 80.0 Å². The average Bonchev–Trinajstić information content (AvgIpc) is 2.08. The Hall–Kier alpha value is -0.580. The van der Waals surface area contributed by atoms with E-state index >= 15 is 0 Å². The van der Waals surface area contributed by atoms with Gasteiger partial charge in [-0.3, -0.25) is 0 Å². The second-order valence-electron chi connectivity index (χ2n) is 2.62. The number of anilines is 1. The van der Waals surface area contributed by atoms with Crippen LogP contribution >= 0.6 is 15.9 Å². The summed E-state index contributed by atoms with van der Waals surface area (Å²) in [5, 5.41) is 0. The zero-order chi connectivity index (χ0) is 9.14. The van der Waals surface area contributed by atoms with Crippen LogP contribution < -0.4 is 17.2 Å². The maximum Gasteiger partial charge on any atom is 0.0440 e. The molecular weight excluding hydrogens is 218 g/mol. The van der Waals surface area contributed by atoms with Crippen LogP contribution in [-0.2, 0) is 0 Å². The van der Waals surface area contributed by atoms with Crippen LogP contribution in [0.25, 0.3) is 0 Å². The van der Waals surface area contributed by atoms with Crippen LogP contribution in [-0.4, -0.2) is 6.54 Å². The van der Waals surface area contributed by atoms with Crippen molar-refractivity contribution in [3.8, 4) is 0 Å². The summed E-state index contributed by atoms with van der Waals surface area (Å²) >= 11 is 3.34. The molecule has 0 saturated heterocycles. The highest BCUT2D eigenvalue weighted by Crippen LogP contribution is 2.22. The Bertz CT molecular complexity index is 275. The maximum absolute atomic E-state index is 5.74. The Balaban J connectivity index is 3.04. The van der Waals surface area contributed by atoms with Crippen molar-refractivity contribution >= 4 is 21.6 Å². The molecule has 1 aromatic carbocycles. The van der Waals surface area contributed by atoms with Gasteiger partial charge < -0.3 is 17.2 Å². The van der Waals surface area contributed by atoms with Crippen LogP contribution in [0.5, 0.6) is 0 Å². The largest absolute Gasteiger partial charge is 0.398 e. The van der Waals surface area contributed by atoms with Crippen LogP contribution in [0.3, 0.4) is 0 Å². The van der Waals surface area contributed by atoms with Crippen molar-refractivity contribution < 1.29 is 0 Å². The summed E-state index contributed by atoms with van der Waals surface area (Å²) in [5.74, 6) is 0. The smallest absolute Gasteiger partial charge is 0.0440 e. The summed E-state index contributed by atoms with van der Waals surface area (Å²) in [6.07, 6.45) is 0. The van der Waals surface area contributed by atoms with E-state index in [-0.39, 0.29) is 6.04 Å². The van der Waals surface area contributed by atoms with Crippen molar-refractivity contribution in [3.63, 3.8) is 0 Å². The van der Waals surface area contributed by atoms with Crippen LogP contribution in [0.1, 0.15) is 11.6 Å². The topological polar surface area (TPSA) is 78.1 Å². The van der Waals surface area contributed by atoms with E-state index in [1.54, 1.807) is 0 Å². The number of hydrogen-bond donors (Lipinski definition) is 3. The lowest BCUT2D eigenvalue weighted by atomic mass is 10.1. The van der Waals surface area contributed by atoms with Crippen molar-refractivity contribution in [3.05, 3.63) is 28.2 Å². The highest BCUT2D eigenvalue weighted by molar-refractivity contribution is 9.10. The van der Waals surface area contributed by atoms with Crippen molar-refractivity contribution in [2.75, 3.05) is 12.3 Å². The Morgan fingerprint density at radius 2 is 2.08 bits per heavy atom. The average molecular weight is 230 g/mol. The molecule has 0 unspecified atom stereocenters. The molecule has 1 rings (SSSR count). The van der Waals surface area contributed by atoms with Gasteiger partial charge in [0.05, 0.1) is 0 Å². The van der Waals surface area contributed by atoms with Gasteiger partial charge in [-0.05, 0) is 23.8 Å². The van der Waals surface area contributed by atoms with Crippen molar-refractivity contribution in [1.82, 2.24) is 0 Å². The molecule has 0 saturated carbocycles. The summed E-state index contributed by atoms with van der Waals surface area (Å²) in [6.45, 7) is 0.403. The first-order chi connectivity index (χ1) is 5.65. The molecule has 3 nitrogen and oxygen atoms in total. The third-order valence-corrected chi connectivity index (χ3v) is 2.20. The Morgan fingerprint density at radius 3 is 2.67 bits per heavy atom. The van der Waals surface area contributed by atoms with Gasteiger partial charge in [0.25, 0.3) is 0 Å². The number of nitrogens with two attached hydrogens (primary N) is 3.